The molecule has 3 aliphatic rings. The Labute approximate surface area is 151 Å². The molecule has 1 saturated carbocycles. The lowest BCUT2D eigenvalue weighted by atomic mass is 9.71. The van der Waals surface area contributed by atoms with E-state index in [1.165, 1.54) is 12.1 Å². The molecule has 6 nitrogen and oxygen atoms in total. The van der Waals surface area contributed by atoms with Gasteiger partial charge in [0, 0.05) is 36.2 Å². The highest BCUT2D eigenvalue weighted by Gasteiger charge is 2.47. The number of nitro groups is 1. The molecule has 0 aromatic heterocycles. The average Bonchev–Trinajstić information content (AvgIpc) is 2.68. The van der Waals surface area contributed by atoms with Gasteiger partial charge in [-0.3, -0.25) is 14.9 Å². The maximum absolute atomic E-state index is 12.5. The number of ketones is 1. The molecular formula is C20H20N2O4. The van der Waals surface area contributed by atoms with Crippen LogP contribution in [0, 0.1) is 16.0 Å². The van der Waals surface area contributed by atoms with Crippen molar-refractivity contribution >= 4 is 17.2 Å². The van der Waals surface area contributed by atoms with Crippen LogP contribution in [-0.4, -0.2) is 23.9 Å². The molecule has 2 aromatic carbocycles. The molecule has 3 atom stereocenters. The third kappa shape index (κ3) is 2.71. The van der Waals surface area contributed by atoms with E-state index in [0.29, 0.717) is 12.2 Å². The van der Waals surface area contributed by atoms with Crippen LogP contribution < -0.4 is 9.64 Å². The predicted octanol–water partition coefficient (Wildman–Crippen LogP) is 3.90. The highest BCUT2D eigenvalue weighted by Crippen LogP contribution is 2.48. The van der Waals surface area contributed by atoms with Gasteiger partial charge in [-0.25, -0.2) is 0 Å². The van der Waals surface area contributed by atoms with Crippen LogP contribution in [0.15, 0.2) is 48.5 Å². The van der Waals surface area contributed by atoms with Gasteiger partial charge in [0.05, 0.1) is 18.1 Å². The number of non-ortho nitro benzene ring substituents is 1. The van der Waals surface area contributed by atoms with Crippen LogP contribution in [0.1, 0.15) is 30.9 Å². The zero-order valence-corrected chi connectivity index (χ0v) is 14.5. The minimum atomic E-state index is -0.400. The van der Waals surface area contributed by atoms with Gasteiger partial charge >= 0.3 is 0 Å². The van der Waals surface area contributed by atoms with Crippen molar-refractivity contribution in [1.29, 1.82) is 0 Å². The minimum Gasteiger partial charge on any atom is -0.497 e. The van der Waals surface area contributed by atoms with E-state index in [1.54, 1.807) is 19.2 Å². The standard InChI is InChI=1S/C20H20N2O4/c1-26-17-9-6-14(7-10-17)21-16-8-11-18(19(23)12-16)20(21)13-2-4-15(5-3-13)22(24)25/h2-7,9-10,16,18,20H,8,11-12H2,1H3/t16-,18+,20+/m0/s1. The number of nitrogens with zero attached hydrogens (tertiary/aromatic N) is 2. The number of hydrogen-bond acceptors (Lipinski definition) is 5. The van der Waals surface area contributed by atoms with E-state index < -0.39 is 4.92 Å². The first-order valence-corrected chi connectivity index (χ1v) is 8.78. The van der Waals surface area contributed by atoms with E-state index in [4.69, 9.17) is 4.74 Å². The lowest BCUT2D eigenvalue weighted by Crippen LogP contribution is -2.54. The molecule has 3 fully saturated rings. The van der Waals surface area contributed by atoms with E-state index in [9.17, 15) is 14.9 Å². The second-order valence-corrected chi connectivity index (χ2v) is 6.91. The number of hydrogen-bond donors (Lipinski definition) is 0. The van der Waals surface area contributed by atoms with Gasteiger partial charge in [-0.1, -0.05) is 12.1 Å². The number of carbonyl (C=O) groups is 1. The van der Waals surface area contributed by atoms with Crippen molar-refractivity contribution in [2.24, 2.45) is 5.92 Å². The molecule has 5 rings (SSSR count). The second kappa shape index (κ2) is 6.44. The van der Waals surface area contributed by atoms with Gasteiger partial charge in [-0.2, -0.15) is 0 Å². The lowest BCUT2D eigenvalue weighted by molar-refractivity contribution is -0.384. The molecule has 0 unspecified atom stereocenters. The molecule has 26 heavy (non-hydrogen) atoms. The summed E-state index contributed by atoms with van der Waals surface area (Å²) in [5, 5.41) is 10.9. The Kier molecular flexibility index (Phi) is 4.11. The third-order valence-corrected chi connectivity index (χ3v) is 5.55. The number of nitro benzene ring substituents is 1. The van der Waals surface area contributed by atoms with Crippen molar-refractivity contribution in [1.82, 2.24) is 0 Å². The normalized spacial score (nSPS) is 24.6. The van der Waals surface area contributed by atoms with Crippen LogP contribution in [0.2, 0.25) is 0 Å². The van der Waals surface area contributed by atoms with Gasteiger partial charge in [0.2, 0.25) is 0 Å². The second-order valence-electron chi connectivity index (χ2n) is 6.91. The molecule has 2 bridgehead atoms. The molecule has 6 heteroatoms. The highest BCUT2D eigenvalue weighted by atomic mass is 16.6. The van der Waals surface area contributed by atoms with Gasteiger partial charge in [-0.05, 0) is 42.7 Å². The maximum Gasteiger partial charge on any atom is 0.269 e. The van der Waals surface area contributed by atoms with Crippen molar-refractivity contribution in [3.8, 4) is 5.75 Å². The summed E-state index contributed by atoms with van der Waals surface area (Å²) in [5.41, 5.74) is 2.07. The largest absolute Gasteiger partial charge is 0.497 e. The number of methoxy groups -OCH3 is 1. The Morgan fingerprint density at radius 3 is 2.35 bits per heavy atom. The zero-order chi connectivity index (χ0) is 18.3. The van der Waals surface area contributed by atoms with Crippen molar-refractivity contribution in [2.45, 2.75) is 31.3 Å². The van der Waals surface area contributed by atoms with E-state index in [1.807, 2.05) is 24.3 Å². The highest BCUT2D eigenvalue weighted by molar-refractivity contribution is 5.86. The summed E-state index contributed by atoms with van der Waals surface area (Å²) < 4.78 is 5.25. The summed E-state index contributed by atoms with van der Waals surface area (Å²) >= 11 is 0. The Hall–Kier alpha value is -2.89. The monoisotopic (exact) mass is 352 g/mol. The molecule has 0 radical (unpaired) electrons. The zero-order valence-electron chi connectivity index (χ0n) is 14.5. The number of fused-ring (bicyclic) bond motifs is 3. The Balaban J connectivity index is 1.74. The average molecular weight is 352 g/mol. The van der Waals surface area contributed by atoms with Gasteiger partial charge in [-0.15, -0.1) is 0 Å². The molecule has 0 N–H and O–H groups in total. The van der Waals surface area contributed by atoms with Crippen LogP contribution in [0.5, 0.6) is 5.75 Å². The fourth-order valence-electron chi connectivity index (χ4n) is 4.32. The topological polar surface area (TPSA) is 72.7 Å². The number of benzene rings is 2. The maximum atomic E-state index is 12.5. The predicted molar refractivity (Wildman–Crippen MR) is 97.4 cm³/mol. The van der Waals surface area contributed by atoms with Crippen molar-refractivity contribution in [3.63, 3.8) is 0 Å². The van der Waals surface area contributed by atoms with E-state index >= 15 is 0 Å². The summed E-state index contributed by atoms with van der Waals surface area (Å²) in [6, 6.07) is 14.6. The number of ether oxygens (including phenoxy) is 1. The smallest absolute Gasteiger partial charge is 0.269 e. The molecule has 2 saturated heterocycles. The first-order valence-electron chi connectivity index (χ1n) is 8.78. The van der Waals surface area contributed by atoms with Crippen LogP contribution in [0.3, 0.4) is 0 Å². The Morgan fingerprint density at radius 2 is 1.77 bits per heavy atom. The van der Waals surface area contributed by atoms with Crippen LogP contribution in [0.25, 0.3) is 0 Å². The van der Waals surface area contributed by atoms with E-state index in [0.717, 1.165) is 29.8 Å². The van der Waals surface area contributed by atoms with E-state index in [-0.39, 0.29) is 23.7 Å². The van der Waals surface area contributed by atoms with Crippen molar-refractivity contribution < 1.29 is 14.5 Å². The quantitative estimate of drug-likeness (QED) is 0.616. The molecule has 2 aromatic rings. The molecule has 2 heterocycles. The molecular weight excluding hydrogens is 332 g/mol. The van der Waals surface area contributed by atoms with Crippen LogP contribution in [-0.2, 0) is 4.79 Å². The lowest BCUT2D eigenvalue weighted by Gasteiger charge is -2.52. The molecule has 0 spiro atoms. The molecule has 1 aliphatic carbocycles. The molecule has 2 aliphatic heterocycles. The van der Waals surface area contributed by atoms with Crippen molar-refractivity contribution in [3.05, 3.63) is 64.2 Å². The molecule has 0 amide bonds. The van der Waals surface area contributed by atoms with E-state index in [2.05, 4.69) is 4.90 Å². The Morgan fingerprint density at radius 1 is 1.08 bits per heavy atom. The fourth-order valence-corrected chi connectivity index (χ4v) is 4.32. The number of rotatable bonds is 4. The van der Waals surface area contributed by atoms with Gasteiger partial charge in [0.1, 0.15) is 11.5 Å². The summed E-state index contributed by atoms with van der Waals surface area (Å²) in [7, 11) is 1.64. The minimum absolute atomic E-state index is 0.0662. The third-order valence-electron chi connectivity index (χ3n) is 5.55. The Bertz CT molecular complexity index is 832. The van der Waals surface area contributed by atoms with Gasteiger partial charge in [0.25, 0.3) is 5.69 Å². The summed E-state index contributed by atoms with van der Waals surface area (Å²) in [5.74, 6) is 1.02. The number of carbonyl (C=O) groups excluding carboxylic acids is 1. The first kappa shape index (κ1) is 16.6. The summed E-state index contributed by atoms with van der Waals surface area (Å²) in [4.78, 5) is 25.4. The summed E-state index contributed by atoms with van der Waals surface area (Å²) in [6.07, 6.45) is 2.43. The van der Waals surface area contributed by atoms with Crippen LogP contribution in [0.4, 0.5) is 11.4 Å². The summed E-state index contributed by atoms with van der Waals surface area (Å²) in [6.45, 7) is 0. The fraction of sp³-hybridized carbons (Fsp3) is 0.350. The number of Topliss-reactive ketones (excluding diaryl/α,β-unsaturated/α-hetero) is 1. The first-order chi connectivity index (χ1) is 12.6. The van der Waals surface area contributed by atoms with Crippen molar-refractivity contribution in [2.75, 3.05) is 12.0 Å². The van der Waals surface area contributed by atoms with Gasteiger partial charge < -0.3 is 9.64 Å². The number of anilines is 1. The van der Waals surface area contributed by atoms with Crippen LogP contribution >= 0.6 is 0 Å². The SMILES string of the molecule is COc1ccc(N2[C@H]3CC[C@H](C(=O)C3)[C@H]2c2ccc([N+](=O)[O-])cc2)cc1. The number of piperidine rings is 2. The molecule has 134 valence electrons. The van der Waals surface area contributed by atoms with Gasteiger partial charge in [0.15, 0.2) is 0 Å².